The van der Waals surface area contributed by atoms with Crippen molar-refractivity contribution in [3.8, 4) is 11.1 Å². The average molecular weight is 350 g/mol. The van der Waals surface area contributed by atoms with Crippen LogP contribution >= 0.6 is 0 Å². The van der Waals surface area contributed by atoms with E-state index in [1.54, 1.807) is 12.1 Å². The van der Waals surface area contributed by atoms with Gasteiger partial charge in [-0.15, -0.1) is 0 Å². The third-order valence-corrected chi connectivity index (χ3v) is 4.89. The normalized spacial score (nSPS) is 14.0. The molecule has 0 aliphatic rings. The summed E-state index contributed by atoms with van der Waals surface area (Å²) in [4.78, 5) is 11.4. The molecule has 0 saturated heterocycles. The molecule has 0 spiro atoms. The first-order valence-electron chi connectivity index (χ1n) is 7.15. The lowest BCUT2D eigenvalue weighted by molar-refractivity contribution is -0.133. The second-order valence-corrected chi connectivity index (χ2v) is 6.92. The molecule has 2 atom stereocenters. The van der Waals surface area contributed by atoms with Crippen LogP contribution in [-0.2, 0) is 14.8 Å². The topological polar surface area (TPSA) is 116 Å². The third kappa shape index (κ3) is 4.18. The molecule has 2 unspecified atom stereocenters. The van der Waals surface area contributed by atoms with Gasteiger partial charge in [-0.1, -0.05) is 42.5 Å². The lowest BCUT2D eigenvalue weighted by Crippen LogP contribution is -2.51. The van der Waals surface area contributed by atoms with Crippen LogP contribution in [0, 0.1) is 0 Å². The van der Waals surface area contributed by atoms with E-state index < -0.39 is 28.1 Å². The number of hydrogen-bond donors (Lipinski definition) is 4. The fraction of sp³-hybridized carbons (Fsp3) is 0.188. The van der Waals surface area contributed by atoms with Gasteiger partial charge in [-0.25, -0.2) is 13.9 Å². The molecule has 0 radical (unpaired) electrons. The minimum absolute atomic E-state index is 0.0569. The van der Waals surface area contributed by atoms with Gasteiger partial charge in [0.05, 0.1) is 11.0 Å². The molecule has 128 valence electrons. The largest absolute Gasteiger partial charge is 0.391 e. The molecule has 0 aromatic heterocycles. The van der Waals surface area contributed by atoms with Crippen molar-refractivity contribution in [1.29, 1.82) is 0 Å². The van der Waals surface area contributed by atoms with E-state index in [4.69, 9.17) is 5.21 Å². The molecule has 2 rings (SSSR count). The van der Waals surface area contributed by atoms with Crippen molar-refractivity contribution in [2.75, 3.05) is 0 Å². The molecule has 0 bridgehead atoms. The Balaban J connectivity index is 2.25. The Morgan fingerprint density at radius 2 is 1.54 bits per heavy atom. The van der Waals surface area contributed by atoms with E-state index in [9.17, 15) is 18.3 Å². The number of aliphatic hydroxyl groups is 1. The van der Waals surface area contributed by atoms with Gasteiger partial charge >= 0.3 is 0 Å². The van der Waals surface area contributed by atoms with Crippen LogP contribution in [0.5, 0.6) is 0 Å². The molecule has 2 aromatic carbocycles. The van der Waals surface area contributed by atoms with Crippen molar-refractivity contribution in [1.82, 2.24) is 10.2 Å². The van der Waals surface area contributed by atoms with E-state index in [0.29, 0.717) is 0 Å². The maximum Gasteiger partial charge on any atom is 0.264 e. The van der Waals surface area contributed by atoms with Crippen molar-refractivity contribution >= 4 is 15.9 Å². The van der Waals surface area contributed by atoms with Gasteiger partial charge in [0.15, 0.2) is 0 Å². The Hall–Kier alpha value is -2.26. The molecule has 24 heavy (non-hydrogen) atoms. The minimum atomic E-state index is -4.04. The third-order valence-electron chi connectivity index (χ3n) is 3.43. The molecule has 0 saturated carbocycles. The maximum atomic E-state index is 12.3. The highest BCUT2D eigenvalue weighted by Crippen LogP contribution is 2.21. The number of sulfonamides is 1. The molecule has 0 heterocycles. The number of amides is 1. The fourth-order valence-corrected chi connectivity index (χ4v) is 3.40. The predicted octanol–water partition coefficient (Wildman–Crippen LogP) is 0.887. The Bertz CT molecular complexity index is 789. The summed E-state index contributed by atoms with van der Waals surface area (Å²) < 4.78 is 26.7. The highest BCUT2D eigenvalue weighted by molar-refractivity contribution is 7.89. The first-order chi connectivity index (χ1) is 11.3. The summed E-state index contributed by atoms with van der Waals surface area (Å²) in [6, 6.07) is 14.0. The van der Waals surface area contributed by atoms with Gasteiger partial charge in [-0.3, -0.25) is 10.0 Å². The number of rotatable bonds is 6. The molecule has 0 fully saturated rings. The summed E-state index contributed by atoms with van der Waals surface area (Å²) in [7, 11) is -4.04. The zero-order chi connectivity index (χ0) is 17.7. The molecule has 8 heteroatoms. The second kappa shape index (κ2) is 7.54. The summed E-state index contributed by atoms with van der Waals surface area (Å²) in [5, 5.41) is 18.2. The maximum absolute atomic E-state index is 12.3. The molecular weight excluding hydrogens is 332 g/mol. The number of nitrogens with one attached hydrogen (secondary N) is 2. The molecule has 2 aromatic rings. The van der Waals surface area contributed by atoms with Gasteiger partial charge in [0.2, 0.25) is 10.0 Å². The van der Waals surface area contributed by atoms with Crippen LogP contribution in [0.1, 0.15) is 6.92 Å². The summed E-state index contributed by atoms with van der Waals surface area (Å²) >= 11 is 0. The first kappa shape index (κ1) is 18.1. The first-order valence-corrected chi connectivity index (χ1v) is 8.63. The Morgan fingerprint density at radius 1 is 1.00 bits per heavy atom. The molecule has 0 aliphatic carbocycles. The van der Waals surface area contributed by atoms with Gasteiger partial charge < -0.3 is 5.11 Å². The standard InChI is InChI=1S/C16H18N2O5S/c1-11(19)15(16(20)17-21)18-24(22,23)14-9-7-13(8-10-14)12-5-3-2-4-6-12/h2-11,15,18-19,21H,1H3,(H,17,20). The summed E-state index contributed by atoms with van der Waals surface area (Å²) in [5.41, 5.74) is 3.11. The monoisotopic (exact) mass is 350 g/mol. The predicted molar refractivity (Wildman–Crippen MR) is 87.6 cm³/mol. The quantitative estimate of drug-likeness (QED) is 0.456. The van der Waals surface area contributed by atoms with E-state index in [1.807, 2.05) is 30.3 Å². The van der Waals surface area contributed by atoms with E-state index in [1.165, 1.54) is 24.5 Å². The lowest BCUT2D eigenvalue weighted by atomic mass is 10.1. The van der Waals surface area contributed by atoms with Crippen molar-refractivity contribution in [2.24, 2.45) is 0 Å². The zero-order valence-electron chi connectivity index (χ0n) is 12.9. The van der Waals surface area contributed by atoms with Crippen LogP contribution in [0.3, 0.4) is 0 Å². The lowest BCUT2D eigenvalue weighted by Gasteiger charge is -2.19. The number of benzene rings is 2. The van der Waals surface area contributed by atoms with Crippen LogP contribution in [0.25, 0.3) is 11.1 Å². The van der Waals surface area contributed by atoms with Crippen LogP contribution < -0.4 is 10.2 Å². The van der Waals surface area contributed by atoms with E-state index in [-0.39, 0.29) is 4.90 Å². The Morgan fingerprint density at radius 3 is 2.04 bits per heavy atom. The number of hydrogen-bond acceptors (Lipinski definition) is 5. The second-order valence-electron chi connectivity index (χ2n) is 5.21. The van der Waals surface area contributed by atoms with Gasteiger partial charge in [-0.05, 0) is 30.2 Å². The van der Waals surface area contributed by atoms with Crippen molar-refractivity contribution in [3.05, 3.63) is 54.6 Å². The van der Waals surface area contributed by atoms with Gasteiger partial charge in [0.1, 0.15) is 6.04 Å². The number of aliphatic hydroxyl groups excluding tert-OH is 1. The smallest absolute Gasteiger partial charge is 0.264 e. The molecule has 0 aliphatic heterocycles. The van der Waals surface area contributed by atoms with Crippen LogP contribution in [0.2, 0.25) is 0 Å². The van der Waals surface area contributed by atoms with Crippen LogP contribution in [0.4, 0.5) is 0 Å². The minimum Gasteiger partial charge on any atom is -0.391 e. The summed E-state index contributed by atoms with van der Waals surface area (Å²) in [6.45, 7) is 1.24. The van der Waals surface area contributed by atoms with Crippen LogP contribution in [-0.4, -0.2) is 36.8 Å². The number of hydroxylamine groups is 1. The molecular formula is C16H18N2O5S. The van der Waals surface area contributed by atoms with E-state index in [0.717, 1.165) is 11.1 Å². The SMILES string of the molecule is CC(O)C(NS(=O)(=O)c1ccc(-c2ccccc2)cc1)C(=O)NO. The average Bonchev–Trinajstić information content (AvgIpc) is 2.59. The highest BCUT2D eigenvalue weighted by atomic mass is 32.2. The summed E-state index contributed by atoms with van der Waals surface area (Å²) in [5.74, 6) is -1.05. The molecule has 4 N–H and O–H groups in total. The Labute approximate surface area is 140 Å². The molecule has 1 amide bonds. The fourth-order valence-electron chi connectivity index (χ4n) is 2.13. The van der Waals surface area contributed by atoms with Crippen LogP contribution in [0.15, 0.2) is 59.5 Å². The van der Waals surface area contributed by atoms with Gasteiger partial charge in [0, 0.05) is 0 Å². The highest BCUT2D eigenvalue weighted by Gasteiger charge is 2.29. The number of carbonyl (C=O) groups is 1. The zero-order valence-corrected chi connectivity index (χ0v) is 13.7. The van der Waals surface area contributed by atoms with Gasteiger partial charge in [-0.2, -0.15) is 4.72 Å². The van der Waals surface area contributed by atoms with Crippen molar-refractivity contribution < 1.29 is 23.5 Å². The molecule has 7 nitrogen and oxygen atoms in total. The number of carbonyl (C=O) groups excluding carboxylic acids is 1. The van der Waals surface area contributed by atoms with Gasteiger partial charge in [0.25, 0.3) is 5.91 Å². The van der Waals surface area contributed by atoms with E-state index in [2.05, 4.69) is 4.72 Å². The Kier molecular flexibility index (Phi) is 5.68. The van der Waals surface area contributed by atoms with E-state index >= 15 is 0 Å². The summed E-state index contributed by atoms with van der Waals surface area (Å²) in [6.07, 6.45) is -1.32. The van der Waals surface area contributed by atoms with Crippen molar-refractivity contribution in [3.63, 3.8) is 0 Å². The van der Waals surface area contributed by atoms with Crippen molar-refractivity contribution in [2.45, 2.75) is 24.0 Å².